The highest BCUT2D eigenvalue weighted by atomic mass is 19.1. The van der Waals surface area contributed by atoms with Crippen LogP contribution in [0.3, 0.4) is 0 Å². The van der Waals surface area contributed by atoms with Crippen molar-refractivity contribution < 1.29 is 4.39 Å². The zero-order valence-electron chi connectivity index (χ0n) is 12.6. The Hall–Kier alpha value is -1.13. The average molecular weight is 279 g/mol. The molecule has 0 amide bonds. The highest BCUT2D eigenvalue weighted by molar-refractivity contribution is 5.49. The van der Waals surface area contributed by atoms with Gasteiger partial charge in [0.15, 0.2) is 0 Å². The fourth-order valence-electron chi connectivity index (χ4n) is 3.00. The maximum absolute atomic E-state index is 14.2. The normalized spacial score (nSPS) is 16.9. The van der Waals surface area contributed by atoms with Crippen LogP contribution in [0.15, 0.2) is 18.2 Å². The van der Waals surface area contributed by atoms with Gasteiger partial charge in [-0.3, -0.25) is 0 Å². The van der Waals surface area contributed by atoms with E-state index in [0.29, 0.717) is 6.54 Å². The largest absolute Gasteiger partial charge is 0.369 e. The smallest absolute Gasteiger partial charge is 0.146 e. The Kier molecular flexibility index (Phi) is 5.38. The minimum absolute atomic E-state index is 0.109. The van der Waals surface area contributed by atoms with E-state index in [-0.39, 0.29) is 5.82 Å². The van der Waals surface area contributed by atoms with E-state index in [4.69, 9.17) is 5.73 Å². The first kappa shape index (κ1) is 15.3. The van der Waals surface area contributed by atoms with Crippen molar-refractivity contribution in [3.05, 3.63) is 29.6 Å². The zero-order chi connectivity index (χ0) is 14.5. The van der Waals surface area contributed by atoms with E-state index in [1.165, 1.54) is 0 Å². The maximum atomic E-state index is 14.2. The summed E-state index contributed by atoms with van der Waals surface area (Å²) in [5.74, 6) is 0.628. The molecule has 3 nitrogen and oxygen atoms in total. The molecule has 1 aliphatic rings. The predicted octanol–water partition coefficient (Wildman–Crippen LogP) is 2.10. The summed E-state index contributed by atoms with van der Waals surface area (Å²) in [6.07, 6.45) is 3.02. The van der Waals surface area contributed by atoms with Crippen LogP contribution in [-0.4, -0.2) is 45.2 Å². The third-order valence-electron chi connectivity index (χ3n) is 4.02. The minimum atomic E-state index is -0.109. The van der Waals surface area contributed by atoms with Crippen LogP contribution in [-0.2, 0) is 6.42 Å². The van der Waals surface area contributed by atoms with Crippen LogP contribution in [0.2, 0.25) is 0 Å². The molecule has 0 unspecified atom stereocenters. The molecule has 0 bridgehead atoms. The Bertz CT molecular complexity index is 426. The molecule has 1 saturated heterocycles. The van der Waals surface area contributed by atoms with Crippen molar-refractivity contribution in [2.45, 2.75) is 19.3 Å². The van der Waals surface area contributed by atoms with Gasteiger partial charge in [-0.2, -0.15) is 0 Å². The van der Waals surface area contributed by atoms with Crippen LogP contribution in [0.4, 0.5) is 10.1 Å². The molecule has 0 aliphatic carbocycles. The third kappa shape index (κ3) is 3.93. The van der Waals surface area contributed by atoms with Gasteiger partial charge in [0.05, 0.1) is 5.69 Å². The average Bonchev–Trinajstić information content (AvgIpc) is 2.40. The van der Waals surface area contributed by atoms with Crippen molar-refractivity contribution in [1.82, 2.24) is 4.90 Å². The molecule has 1 aromatic carbocycles. The molecule has 0 saturated carbocycles. The zero-order valence-corrected chi connectivity index (χ0v) is 12.6. The first-order chi connectivity index (χ1) is 9.60. The van der Waals surface area contributed by atoms with E-state index >= 15 is 0 Å². The molecule has 2 rings (SSSR count). The van der Waals surface area contributed by atoms with Gasteiger partial charge < -0.3 is 15.5 Å². The summed E-state index contributed by atoms with van der Waals surface area (Å²) in [6.45, 7) is 3.60. The highest BCUT2D eigenvalue weighted by Gasteiger charge is 2.21. The lowest BCUT2D eigenvalue weighted by Crippen LogP contribution is -2.37. The summed E-state index contributed by atoms with van der Waals surface area (Å²) in [6, 6.07) is 5.54. The molecule has 20 heavy (non-hydrogen) atoms. The molecule has 112 valence electrons. The summed E-state index contributed by atoms with van der Waals surface area (Å²) in [4.78, 5) is 4.41. The van der Waals surface area contributed by atoms with Crippen molar-refractivity contribution in [1.29, 1.82) is 0 Å². The molecule has 1 aliphatic heterocycles. The number of benzene rings is 1. The standard InChI is InChI=1S/C16H26FN3/c1-19(2)12-14-6-9-20(10-7-14)16-4-3-13(5-8-18)11-15(16)17/h3-4,11,14H,5-10,12,18H2,1-2H3. The molecule has 0 aromatic heterocycles. The van der Waals surface area contributed by atoms with Crippen molar-refractivity contribution in [3.8, 4) is 0 Å². The van der Waals surface area contributed by atoms with E-state index < -0.39 is 0 Å². The fourth-order valence-corrected chi connectivity index (χ4v) is 3.00. The van der Waals surface area contributed by atoms with Gasteiger partial charge in [-0.1, -0.05) is 6.07 Å². The van der Waals surface area contributed by atoms with Crippen LogP contribution in [0.1, 0.15) is 18.4 Å². The molecule has 0 radical (unpaired) electrons. The molecule has 4 heteroatoms. The third-order valence-corrected chi connectivity index (χ3v) is 4.02. The van der Waals surface area contributed by atoms with E-state index in [1.807, 2.05) is 12.1 Å². The van der Waals surface area contributed by atoms with E-state index in [1.54, 1.807) is 6.07 Å². The monoisotopic (exact) mass is 279 g/mol. The van der Waals surface area contributed by atoms with Gasteiger partial charge in [-0.05, 0) is 63.5 Å². The minimum Gasteiger partial charge on any atom is -0.369 e. The second kappa shape index (κ2) is 7.04. The molecule has 1 heterocycles. The highest BCUT2D eigenvalue weighted by Crippen LogP contribution is 2.26. The second-order valence-electron chi connectivity index (χ2n) is 6.02. The van der Waals surface area contributed by atoms with Gasteiger partial charge >= 0.3 is 0 Å². The van der Waals surface area contributed by atoms with Crippen molar-refractivity contribution >= 4 is 5.69 Å². The lowest BCUT2D eigenvalue weighted by molar-refractivity contribution is 0.284. The first-order valence-electron chi connectivity index (χ1n) is 7.48. The van der Waals surface area contributed by atoms with Crippen LogP contribution in [0.5, 0.6) is 0 Å². The number of hydrogen-bond donors (Lipinski definition) is 1. The lowest BCUT2D eigenvalue weighted by Gasteiger charge is -2.34. The summed E-state index contributed by atoms with van der Waals surface area (Å²) >= 11 is 0. The maximum Gasteiger partial charge on any atom is 0.146 e. The van der Waals surface area contributed by atoms with Crippen LogP contribution in [0, 0.1) is 11.7 Å². The molecule has 0 atom stereocenters. The number of piperidine rings is 1. The van der Waals surface area contributed by atoms with Crippen molar-refractivity contribution in [2.24, 2.45) is 11.7 Å². The van der Waals surface area contributed by atoms with Gasteiger partial charge in [0.2, 0.25) is 0 Å². The van der Waals surface area contributed by atoms with Crippen LogP contribution >= 0.6 is 0 Å². The number of anilines is 1. The van der Waals surface area contributed by atoms with Crippen molar-refractivity contribution in [2.75, 3.05) is 45.2 Å². The predicted molar refractivity (Wildman–Crippen MR) is 82.6 cm³/mol. The molecule has 1 aromatic rings. The van der Waals surface area contributed by atoms with E-state index in [9.17, 15) is 4.39 Å². The number of halogens is 1. The Morgan fingerprint density at radius 2 is 2.00 bits per heavy atom. The van der Waals surface area contributed by atoms with Gasteiger partial charge in [0, 0.05) is 19.6 Å². The topological polar surface area (TPSA) is 32.5 Å². The van der Waals surface area contributed by atoms with E-state index in [0.717, 1.165) is 56.1 Å². The number of rotatable bonds is 5. The SMILES string of the molecule is CN(C)CC1CCN(c2ccc(CCN)cc2F)CC1. The molecular formula is C16H26FN3. The van der Waals surface area contributed by atoms with E-state index in [2.05, 4.69) is 23.9 Å². The number of nitrogens with two attached hydrogens (primary N) is 1. The number of nitrogens with zero attached hydrogens (tertiary/aromatic N) is 2. The van der Waals surface area contributed by atoms with Gasteiger partial charge in [-0.25, -0.2) is 4.39 Å². The fraction of sp³-hybridized carbons (Fsp3) is 0.625. The summed E-state index contributed by atoms with van der Waals surface area (Å²) in [5, 5.41) is 0. The van der Waals surface area contributed by atoms with Crippen molar-refractivity contribution in [3.63, 3.8) is 0 Å². The molecule has 0 spiro atoms. The summed E-state index contributed by atoms with van der Waals surface area (Å²) in [7, 11) is 4.23. The summed E-state index contributed by atoms with van der Waals surface area (Å²) in [5.41, 5.74) is 7.24. The summed E-state index contributed by atoms with van der Waals surface area (Å²) < 4.78 is 14.2. The quantitative estimate of drug-likeness (QED) is 0.896. The molecular weight excluding hydrogens is 253 g/mol. The van der Waals surface area contributed by atoms with Gasteiger partial charge in [-0.15, -0.1) is 0 Å². The number of hydrogen-bond acceptors (Lipinski definition) is 3. The second-order valence-corrected chi connectivity index (χ2v) is 6.02. The molecule has 1 fully saturated rings. The lowest BCUT2D eigenvalue weighted by atomic mass is 9.96. The molecule has 2 N–H and O–H groups in total. The Balaban J connectivity index is 1.96. The Morgan fingerprint density at radius 1 is 1.30 bits per heavy atom. The Labute approximate surface area is 121 Å². The van der Waals surface area contributed by atoms with Gasteiger partial charge in [0.25, 0.3) is 0 Å². The van der Waals surface area contributed by atoms with Crippen LogP contribution < -0.4 is 10.6 Å². The van der Waals surface area contributed by atoms with Gasteiger partial charge in [0.1, 0.15) is 5.82 Å². The van der Waals surface area contributed by atoms with Crippen LogP contribution in [0.25, 0.3) is 0 Å². The Morgan fingerprint density at radius 3 is 2.55 bits per heavy atom. The first-order valence-corrected chi connectivity index (χ1v) is 7.48.